The Labute approximate surface area is 72.0 Å². The normalized spacial score (nSPS) is 37.8. The van der Waals surface area contributed by atoms with Gasteiger partial charge in [-0.05, 0) is 25.0 Å². The van der Waals surface area contributed by atoms with Crippen molar-refractivity contribution >= 4 is 30.7 Å². The fraction of sp³-hybridized carbons (Fsp3) is 0.714. The number of rotatable bonds is 0. The Morgan fingerprint density at radius 3 is 1.91 bits per heavy atom. The third kappa shape index (κ3) is 1.42. The van der Waals surface area contributed by atoms with Crippen molar-refractivity contribution in [2.24, 2.45) is 0 Å². The summed E-state index contributed by atoms with van der Waals surface area (Å²) in [5.41, 5.74) is 0. The van der Waals surface area contributed by atoms with Gasteiger partial charge >= 0.3 is 0 Å². The molecule has 0 bridgehead atoms. The van der Waals surface area contributed by atoms with Crippen LogP contribution >= 0.6 is 20.5 Å². The molecule has 1 aliphatic rings. The number of amides is 1. The highest BCUT2D eigenvalue weighted by Gasteiger charge is 2.53. The summed E-state index contributed by atoms with van der Waals surface area (Å²) >= 11 is 5.18. The molecule has 0 spiro atoms. The highest BCUT2D eigenvalue weighted by atomic mass is 32.4. The Hall–Kier alpha value is -0.0900. The van der Waals surface area contributed by atoms with E-state index in [-0.39, 0.29) is 5.91 Å². The van der Waals surface area contributed by atoms with E-state index in [1.54, 1.807) is 0 Å². The Bertz CT molecular complexity index is 259. The minimum atomic E-state index is -2.33. The number of nitrogens with one attached hydrogen (secondary N) is 1. The van der Waals surface area contributed by atoms with Crippen LogP contribution in [0.15, 0.2) is 0 Å². The van der Waals surface area contributed by atoms with Gasteiger partial charge in [-0.1, -0.05) is 12.2 Å². The van der Waals surface area contributed by atoms with Gasteiger partial charge in [-0.25, -0.2) is 8.29 Å². The molecule has 1 aliphatic heterocycles. The third-order valence-electron chi connectivity index (χ3n) is 1.89. The fourth-order valence-electron chi connectivity index (χ4n) is 1.05. The van der Waals surface area contributed by atoms with Crippen LogP contribution in [0.2, 0.25) is 0 Å². The zero-order chi connectivity index (χ0) is 8.98. The summed E-state index contributed by atoms with van der Waals surface area (Å²) in [6, 6.07) is 0. The lowest BCUT2D eigenvalue weighted by atomic mass is 10.7. The first-order chi connectivity index (χ1) is 4.54. The first kappa shape index (κ1) is 9.00. The highest BCUT2D eigenvalue weighted by molar-refractivity contribution is 8.76. The second-order valence-electron chi connectivity index (χ2n) is 5.54. The molecule has 0 aliphatic carbocycles. The van der Waals surface area contributed by atoms with Crippen molar-refractivity contribution in [3.05, 3.63) is 0 Å². The van der Waals surface area contributed by atoms with Gasteiger partial charge in [-0.2, -0.15) is 0 Å². The van der Waals surface area contributed by atoms with Gasteiger partial charge in [0, 0.05) is 0 Å². The van der Waals surface area contributed by atoms with E-state index < -0.39 is 8.29 Å². The SMILES string of the molecule is CS1(C)(C)(C)CC(=O)NC1=S. The average molecular weight is 193 g/mol. The summed E-state index contributed by atoms with van der Waals surface area (Å²) in [5.74, 6) is 0.658. The van der Waals surface area contributed by atoms with Crippen LogP contribution in [0.5, 0.6) is 0 Å². The number of hydrogen-bond acceptors (Lipinski definition) is 2. The lowest BCUT2D eigenvalue weighted by Gasteiger charge is -2.63. The largest absolute Gasteiger partial charge is 0.313 e. The molecule has 0 unspecified atom stereocenters. The lowest BCUT2D eigenvalue weighted by Crippen LogP contribution is -2.38. The maximum absolute atomic E-state index is 11.1. The van der Waals surface area contributed by atoms with Crippen LogP contribution in [0, 0.1) is 0 Å². The van der Waals surface area contributed by atoms with Crippen molar-refractivity contribution in [3.63, 3.8) is 0 Å². The summed E-state index contributed by atoms with van der Waals surface area (Å²) in [6.45, 7) is 0. The minimum absolute atomic E-state index is 0.0756. The van der Waals surface area contributed by atoms with Gasteiger partial charge in [0.25, 0.3) is 0 Å². The van der Waals surface area contributed by atoms with Gasteiger partial charge in [-0.15, -0.1) is 0 Å². The van der Waals surface area contributed by atoms with E-state index in [4.69, 9.17) is 12.2 Å². The van der Waals surface area contributed by atoms with E-state index in [2.05, 4.69) is 30.3 Å². The van der Waals surface area contributed by atoms with Crippen LogP contribution in [-0.4, -0.2) is 41.0 Å². The molecule has 11 heavy (non-hydrogen) atoms. The first-order valence-electron chi connectivity index (χ1n) is 3.39. The highest BCUT2D eigenvalue weighted by Crippen LogP contribution is 2.80. The molecule has 1 heterocycles. The van der Waals surface area contributed by atoms with Gasteiger partial charge in [0.1, 0.15) is 4.32 Å². The van der Waals surface area contributed by atoms with Gasteiger partial charge in [0.15, 0.2) is 0 Å². The number of carbonyl (C=O) groups is 1. The molecule has 0 aromatic rings. The van der Waals surface area contributed by atoms with Crippen LogP contribution < -0.4 is 5.32 Å². The molecule has 0 aromatic carbocycles. The molecular weight excluding hydrogens is 178 g/mol. The molecule has 0 radical (unpaired) electrons. The topological polar surface area (TPSA) is 29.1 Å². The van der Waals surface area contributed by atoms with E-state index >= 15 is 0 Å². The first-order valence-corrected chi connectivity index (χ1v) is 8.05. The fourth-order valence-corrected chi connectivity index (χ4v) is 3.31. The molecule has 1 saturated heterocycles. The van der Waals surface area contributed by atoms with Crippen LogP contribution in [-0.2, 0) is 4.79 Å². The summed E-state index contributed by atoms with van der Waals surface area (Å²) in [7, 11) is -2.33. The smallest absolute Gasteiger partial charge is 0.232 e. The van der Waals surface area contributed by atoms with E-state index in [0.717, 1.165) is 4.32 Å². The molecule has 2 nitrogen and oxygen atoms in total. The second-order valence-corrected chi connectivity index (χ2v) is 16.0. The van der Waals surface area contributed by atoms with Crippen molar-refractivity contribution in [2.75, 3.05) is 30.8 Å². The Kier molecular flexibility index (Phi) is 1.23. The van der Waals surface area contributed by atoms with Crippen molar-refractivity contribution in [1.82, 2.24) is 5.32 Å². The molecule has 0 saturated carbocycles. The standard InChI is InChI=1S/C7H15NOS2/c1-11(2,3,4)5-6(9)8-7(11)10/h5H2,1-4H3,(H,8,9,10). The predicted molar refractivity (Wildman–Crippen MR) is 56.9 cm³/mol. The maximum Gasteiger partial charge on any atom is 0.232 e. The van der Waals surface area contributed by atoms with Gasteiger partial charge in [-0.3, -0.25) is 4.79 Å². The van der Waals surface area contributed by atoms with E-state index in [1.165, 1.54) is 0 Å². The maximum atomic E-state index is 11.1. The molecular formula is C7H15NOS2. The summed E-state index contributed by atoms with van der Waals surface area (Å²) in [4.78, 5) is 11.1. The Morgan fingerprint density at radius 1 is 1.36 bits per heavy atom. The minimum Gasteiger partial charge on any atom is -0.313 e. The van der Waals surface area contributed by atoms with Gasteiger partial charge in [0.05, 0.1) is 5.75 Å². The van der Waals surface area contributed by atoms with Crippen molar-refractivity contribution in [2.45, 2.75) is 0 Å². The van der Waals surface area contributed by atoms with Crippen molar-refractivity contribution < 1.29 is 4.79 Å². The summed E-state index contributed by atoms with van der Waals surface area (Å²) < 4.78 is 0.759. The van der Waals surface area contributed by atoms with Crippen LogP contribution in [0.3, 0.4) is 0 Å². The monoisotopic (exact) mass is 193 g/mol. The molecule has 66 valence electrons. The predicted octanol–water partition coefficient (Wildman–Crippen LogP) is 0.796. The molecule has 0 atom stereocenters. The van der Waals surface area contributed by atoms with Crippen LogP contribution in [0.1, 0.15) is 0 Å². The number of carbonyl (C=O) groups excluding carboxylic acids is 1. The molecule has 4 heteroatoms. The zero-order valence-electron chi connectivity index (χ0n) is 7.43. The van der Waals surface area contributed by atoms with E-state index in [9.17, 15) is 4.79 Å². The average Bonchev–Trinajstić information content (AvgIpc) is 1.70. The van der Waals surface area contributed by atoms with E-state index in [1.807, 2.05) is 0 Å². The van der Waals surface area contributed by atoms with Crippen molar-refractivity contribution in [1.29, 1.82) is 0 Å². The number of thiocarbonyl (C=S) groups is 1. The zero-order valence-corrected chi connectivity index (χ0v) is 9.06. The summed E-state index contributed by atoms with van der Waals surface area (Å²) in [6.07, 6.45) is 8.50. The number of hydrogen-bond donors (Lipinski definition) is 1. The molecule has 1 fully saturated rings. The molecule has 0 aromatic heterocycles. The van der Waals surface area contributed by atoms with Crippen LogP contribution in [0.25, 0.3) is 0 Å². The molecule has 1 N–H and O–H groups in total. The van der Waals surface area contributed by atoms with E-state index in [0.29, 0.717) is 5.75 Å². The van der Waals surface area contributed by atoms with Gasteiger partial charge in [0.2, 0.25) is 5.91 Å². The molecule has 1 rings (SSSR count). The van der Waals surface area contributed by atoms with Gasteiger partial charge < -0.3 is 5.32 Å². The van der Waals surface area contributed by atoms with Crippen LogP contribution in [0.4, 0.5) is 0 Å². The molecule has 1 amide bonds. The van der Waals surface area contributed by atoms with Crippen molar-refractivity contribution in [3.8, 4) is 0 Å². The quantitative estimate of drug-likeness (QED) is 0.577. The Morgan fingerprint density at radius 2 is 1.82 bits per heavy atom. The third-order valence-corrected chi connectivity index (χ3v) is 7.76. The lowest BCUT2D eigenvalue weighted by molar-refractivity contribution is -0.116. The summed E-state index contributed by atoms with van der Waals surface area (Å²) in [5, 5.41) is 2.73. The Balaban J connectivity index is 3.29. The second kappa shape index (κ2) is 1.50.